The molecule has 0 heterocycles. The van der Waals surface area contributed by atoms with Gasteiger partial charge in [0.2, 0.25) is 5.91 Å². The van der Waals surface area contributed by atoms with Crippen molar-refractivity contribution in [3.8, 4) is 0 Å². The Bertz CT molecular complexity index is 449. The van der Waals surface area contributed by atoms with E-state index in [4.69, 9.17) is 4.74 Å². The van der Waals surface area contributed by atoms with Gasteiger partial charge in [-0.25, -0.2) is 0 Å². The van der Waals surface area contributed by atoms with Gasteiger partial charge in [-0.1, -0.05) is 12.1 Å². The van der Waals surface area contributed by atoms with Crippen LogP contribution in [0.1, 0.15) is 24.2 Å². The molecular formula is C13H16F3NO3. The van der Waals surface area contributed by atoms with Gasteiger partial charge in [0.25, 0.3) is 0 Å². The number of ether oxygens (including phenoxy) is 1. The Hall–Kier alpha value is -1.60. The van der Waals surface area contributed by atoms with Crippen LogP contribution in [0.4, 0.5) is 13.2 Å². The summed E-state index contributed by atoms with van der Waals surface area (Å²) >= 11 is 0. The van der Waals surface area contributed by atoms with Crippen LogP contribution in [0.15, 0.2) is 24.3 Å². The Morgan fingerprint density at radius 1 is 1.45 bits per heavy atom. The van der Waals surface area contributed by atoms with E-state index in [2.05, 4.69) is 5.32 Å². The van der Waals surface area contributed by atoms with Gasteiger partial charge in [-0.3, -0.25) is 4.79 Å². The van der Waals surface area contributed by atoms with Crippen molar-refractivity contribution in [3.63, 3.8) is 0 Å². The number of nitrogens with one attached hydrogen (secondary N) is 1. The van der Waals surface area contributed by atoms with E-state index < -0.39 is 23.8 Å². The van der Waals surface area contributed by atoms with Crippen LogP contribution in [0, 0.1) is 0 Å². The topological polar surface area (TPSA) is 58.6 Å². The van der Waals surface area contributed by atoms with Crippen LogP contribution >= 0.6 is 0 Å². The lowest BCUT2D eigenvalue weighted by molar-refractivity contribution is -0.137. The molecule has 0 aromatic heterocycles. The Morgan fingerprint density at radius 3 is 2.75 bits per heavy atom. The van der Waals surface area contributed by atoms with E-state index in [-0.39, 0.29) is 18.7 Å². The zero-order chi connectivity index (χ0) is 15.2. The first-order chi connectivity index (χ1) is 9.34. The molecule has 1 atom stereocenters. The second-order valence-corrected chi connectivity index (χ2v) is 4.08. The van der Waals surface area contributed by atoms with Crippen molar-refractivity contribution in [2.24, 2.45) is 0 Å². The van der Waals surface area contributed by atoms with Crippen LogP contribution in [0.25, 0.3) is 0 Å². The highest BCUT2D eigenvalue weighted by atomic mass is 19.4. The highest BCUT2D eigenvalue weighted by Crippen LogP contribution is 2.30. The Kier molecular flexibility index (Phi) is 5.97. The van der Waals surface area contributed by atoms with Gasteiger partial charge in [0.05, 0.1) is 11.7 Å². The first-order valence-electron chi connectivity index (χ1n) is 6.04. The van der Waals surface area contributed by atoms with Gasteiger partial charge in [0.15, 0.2) is 0 Å². The van der Waals surface area contributed by atoms with Crippen LogP contribution in [-0.2, 0) is 15.7 Å². The number of alkyl halides is 3. The predicted octanol–water partition coefficient (Wildman–Crippen LogP) is 1.89. The molecule has 0 unspecified atom stereocenters. The average Bonchev–Trinajstić information content (AvgIpc) is 2.41. The molecule has 0 saturated carbocycles. The van der Waals surface area contributed by atoms with Gasteiger partial charge in [-0.05, 0) is 24.6 Å². The summed E-state index contributed by atoms with van der Waals surface area (Å²) in [5, 5.41) is 12.1. The number of rotatable bonds is 6. The molecule has 112 valence electrons. The maximum Gasteiger partial charge on any atom is 0.416 e. The minimum atomic E-state index is -4.46. The zero-order valence-electron chi connectivity index (χ0n) is 10.9. The number of halogens is 3. The van der Waals surface area contributed by atoms with E-state index in [9.17, 15) is 23.1 Å². The van der Waals surface area contributed by atoms with Crippen molar-refractivity contribution < 1.29 is 27.8 Å². The fourth-order valence-corrected chi connectivity index (χ4v) is 1.50. The third-order valence-electron chi connectivity index (χ3n) is 2.53. The minimum absolute atomic E-state index is 0.0940. The van der Waals surface area contributed by atoms with Gasteiger partial charge in [0.1, 0.15) is 6.61 Å². The molecule has 1 rings (SSSR count). The molecule has 0 aliphatic heterocycles. The summed E-state index contributed by atoms with van der Waals surface area (Å²) in [6.07, 6.45) is -5.67. The number of amides is 1. The minimum Gasteiger partial charge on any atom is -0.387 e. The fourth-order valence-electron chi connectivity index (χ4n) is 1.50. The van der Waals surface area contributed by atoms with E-state index in [0.29, 0.717) is 6.61 Å². The number of benzene rings is 1. The lowest BCUT2D eigenvalue weighted by Crippen LogP contribution is -2.31. The van der Waals surface area contributed by atoms with Crippen molar-refractivity contribution in [2.45, 2.75) is 19.2 Å². The second-order valence-electron chi connectivity index (χ2n) is 4.08. The molecule has 0 aliphatic carbocycles. The third kappa shape index (κ3) is 5.18. The standard InChI is InChI=1S/C13H16F3NO3/c1-2-20-8-12(19)17-7-11(18)9-4-3-5-10(6-9)13(14,15)16/h3-6,11,18H,2,7-8H2,1H3,(H,17,19)/t11-/m0/s1. The first kappa shape index (κ1) is 16.5. The summed E-state index contributed by atoms with van der Waals surface area (Å²) in [6.45, 7) is 1.79. The molecule has 7 heteroatoms. The van der Waals surface area contributed by atoms with Crippen molar-refractivity contribution >= 4 is 5.91 Å². The number of carbonyl (C=O) groups is 1. The number of aliphatic hydroxyl groups excluding tert-OH is 1. The number of hydrogen-bond acceptors (Lipinski definition) is 3. The van der Waals surface area contributed by atoms with Gasteiger partial charge >= 0.3 is 6.18 Å². The fraction of sp³-hybridized carbons (Fsp3) is 0.462. The SMILES string of the molecule is CCOCC(=O)NC[C@H](O)c1cccc(C(F)(F)F)c1. The molecule has 0 radical (unpaired) electrons. The smallest absolute Gasteiger partial charge is 0.387 e. The van der Waals surface area contributed by atoms with Crippen molar-refractivity contribution in [3.05, 3.63) is 35.4 Å². The lowest BCUT2D eigenvalue weighted by atomic mass is 10.1. The van der Waals surface area contributed by atoms with Gasteiger partial charge in [-0.15, -0.1) is 0 Å². The second kappa shape index (κ2) is 7.25. The summed E-state index contributed by atoms with van der Waals surface area (Å²) in [4.78, 5) is 11.2. The Morgan fingerprint density at radius 2 is 2.15 bits per heavy atom. The zero-order valence-corrected chi connectivity index (χ0v) is 10.9. The highest BCUT2D eigenvalue weighted by Gasteiger charge is 2.30. The molecule has 1 amide bonds. The summed E-state index contributed by atoms with van der Waals surface area (Å²) < 4.78 is 42.4. The normalized spacial score (nSPS) is 13.1. The first-order valence-corrected chi connectivity index (χ1v) is 6.04. The third-order valence-corrected chi connectivity index (χ3v) is 2.53. The van der Waals surface area contributed by atoms with Crippen LogP contribution in [0.3, 0.4) is 0 Å². The van der Waals surface area contributed by atoms with Crippen molar-refractivity contribution in [1.29, 1.82) is 0 Å². The maximum atomic E-state index is 12.5. The largest absolute Gasteiger partial charge is 0.416 e. The lowest BCUT2D eigenvalue weighted by Gasteiger charge is -2.14. The van der Waals surface area contributed by atoms with E-state index in [0.717, 1.165) is 12.1 Å². The molecular weight excluding hydrogens is 275 g/mol. The quantitative estimate of drug-likeness (QED) is 0.841. The van der Waals surface area contributed by atoms with E-state index in [1.165, 1.54) is 12.1 Å². The van der Waals surface area contributed by atoms with E-state index in [1.54, 1.807) is 6.92 Å². The molecule has 0 aliphatic rings. The van der Waals surface area contributed by atoms with Crippen LogP contribution in [0.5, 0.6) is 0 Å². The van der Waals surface area contributed by atoms with Crippen molar-refractivity contribution in [2.75, 3.05) is 19.8 Å². The molecule has 0 spiro atoms. The number of carbonyl (C=O) groups excluding carboxylic acids is 1. The molecule has 2 N–H and O–H groups in total. The molecule has 0 saturated heterocycles. The summed E-state index contributed by atoms with van der Waals surface area (Å²) in [5.41, 5.74) is -0.744. The van der Waals surface area contributed by atoms with Crippen LogP contribution in [-0.4, -0.2) is 30.8 Å². The number of aliphatic hydroxyl groups is 1. The number of hydrogen-bond donors (Lipinski definition) is 2. The average molecular weight is 291 g/mol. The monoisotopic (exact) mass is 291 g/mol. The van der Waals surface area contributed by atoms with Gasteiger partial charge in [-0.2, -0.15) is 13.2 Å². The van der Waals surface area contributed by atoms with Crippen LogP contribution < -0.4 is 5.32 Å². The maximum absolute atomic E-state index is 12.5. The molecule has 0 fully saturated rings. The molecule has 4 nitrogen and oxygen atoms in total. The molecule has 1 aromatic carbocycles. The van der Waals surface area contributed by atoms with Gasteiger partial charge < -0.3 is 15.2 Å². The van der Waals surface area contributed by atoms with Crippen molar-refractivity contribution in [1.82, 2.24) is 5.32 Å². The van der Waals surface area contributed by atoms with Crippen LogP contribution in [0.2, 0.25) is 0 Å². The summed E-state index contributed by atoms with van der Waals surface area (Å²) in [5.74, 6) is -0.433. The molecule has 20 heavy (non-hydrogen) atoms. The highest BCUT2D eigenvalue weighted by molar-refractivity contribution is 5.77. The Labute approximate surface area is 114 Å². The van der Waals surface area contributed by atoms with E-state index in [1.807, 2.05) is 0 Å². The van der Waals surface area contributed by atoms with Gasteiger partial charge in [0, 0.05) is 13.2 Å². The van der Waals surface area contributed by atoms with E-state index >= 15 is 0 Å². The molecule has 0 bridgehead atoms. The Balaban J connectivity index is 2.59. The predicted molar refractivity (Wildman–Crippen MR) is 65.9 cm³/mol. The molecule has 1 aromatic rings. The summed E-state index contributed by atoms with van der Waals surface area (Å²) in [6, 6.07) is 4.36. The summed E-state index contributed by atoms with van der Waals surface area (Å²) in [7, 11) is 0.